The van der Waals surface area contributed by atoms with Gasteiger partial charge in [0.15, 0.2) is 11.5 Å². The van der Waals surface area contributed by atoms with Gasteiger partial charge in [0, 0.05) is 37.1 Å². The zero-order valence-electron chi connectivity index (χ0n) is 17.5. The molecule has 0 aliphatic heterocycles. The van der Waals surface area contributed by atoms with Crippen molar-refractivity contribution in [2.24, 2.45) is 10.2 Å². The molecule has 0 unspecified atom stereocenters. The first-order valence-electron chi connectivity index (χ1n) is 9.51. The summed E-state index contributed by atoms with van der Waals surface area (Å²) >= 11 is 0. The smallest absolute Gasteiger partial charge is 0.271 e. The van der Waals surface area contributed by atoms with Crippen LogP contribution in [0.3, 0.4) is 0 Å². The molecule has 9 heteroatoms. The lowest BCUT2D eigenvalue weighted by molar-refractivity contribution is 0.402. The van der Waals surface area contributed by atoms with Gasteiger partial charge in [0.1, 0.15) is 17.5 Å². The molecule has 0 aliphatic carbocycles. The van der Waals surface area contributed by atoms with Gasteiger partial charge >= 0.3 is 0 Å². The Kier molecular flexibility index (Phi) is 7.58. The highest BCUT2D eigenvalue weighted by Crippen LogP contribution is 2.32. The fraction of sp³-hybridized carbons (Fsp3) is 0.333. The fourth-order valence-corrected chi connectivity index (χ4v) is 2.81. The maximum atomic E-state index is 12.5. The number of unbranched alkanes of at least 4 members (excludes halogenated alkanes) is 1. The van der Waals surface area contributed by atoms with Crippen LogP contribution in [0.5, 0.6) is 5.88 Å². The molecule has 0 fully saturated rings. The van der Waals surface area contributed by atoms with Gasteiger partial charge in [0.2, 0.25) is 5.88 Å². The third kappa shape index (κ3) is 4.60. The maximum absolute atomic E-state index is 12.5. The second-order valence-electron chi connectivity index (χ2n) is 6.69. The monoisotopic (exact) mass is 407 g/mol. The summed E-state index contributed by atoms with van der Waals surface area (Å²) in [5, 5.41) is 36.1. The van der Waals surface area contributed by atoms with Gasteiger partial charge in [-0.25, -0.2) is 4.98 Å². The molecule has 9 nitrogen and oxygen atoms in total. The Labute approximate surface area is 175 Å². The molecule has 0 spiro atoms. The van der Waals surface area contributed by atoms with E-state index in [2.05, 4.69) is 15.2 Å². The number of nitrogens with zero attached hydrogens (tertiary/aromatic N) is 6. The molecule has 0 amide bonds. The van der Waals surface area contributed by atoms with Gasteiger partial charge in [-0.05, 0) is 32.4 Å². The molecule has 0 atom stereocenters. The summed E-state index contributed by atoms with van der Waals surface area (Å²) in [6, 6.07) is 7.30. The van der Waals surface area contributed by atoms with E-state index < -0.39 is 5.56 Å². The van der Waals surface area contributed by atoms with Crippen LogP contribution in [0.15, 0.2) is 50.8 Å². The van der Waals surface area contributed by atoms with Crippen molar-refractivity contribution in [3.63, 3.8) is 0 Å². The van der Waals surface area contributed by atoms with Crippen LogP contribution in [-0.2, 0) is 6.54 Å². The molecule has 2 aromatic rings. The highest BCUT2D eigenvalue weighted by atomic mass is 16.3. The lowest BCUT2D eigenvalue weighted by Crippen LogP contribution is -2.24. The van der Waals surface area contributed by atoms with E-state index in [1.165, 1.54) is 0 Å². The lowest BCUT2D eigenvalue weighted by atomic mass is 10.1. The Morgan fingerprint density at radius 2 is 2.20 bits per heavy atom. The molecule has 156 valence electrons. The minimum absolute atomic E-state index is 0.0481. The van der Waals surface area contributed by atoms with Crippen LogP contribution >= 0.6 is 0 Å². The number of aromatic nitrogens is 2. The van der Waals surface area contributed by atoms with Crippen molar-refractivity contribution >= 4 is 17.7 Å². The molecular weight excluding hydrogens is 382 g/mol. The number of azo groups is 1. The van der Waals surface area contributed by atoms with Crippen molar-refractivity contribution in [3.05, 3.63) is 57.3 Å². The molecule has 2 N–H and O–H groups in total. The van der Waals surface area contributed by atoms with Crippen molar-refractivity contribution in [2.45, 2.75) is 40.2 Å². The second kappa shape index (κ2) is 10.1. The molecule has 30 heavy (non-hydrogen) atoms. The first-order chi connectivity index (χ1) is 14.4. The van der Waals surface area contributed by atoms with E-state index in [1.54, 1.807) is 44.1 Å². The normalized spacial score (nSPS) is 11.8. The summed E-state index contributed by atoms with van der Waals surface area (Å²) in [5.41, 5.74) is 0.196. The van der Waals surface area contributed by atoms with Gasteiger partial charge in [-0.2, -0.15) is 5.26 Å². The molecule has 0 bridgehead atoms. The van der Waals surface area contributed by atoms with E-state index in [4.69, 9.17) is 5.41 Å². The Hall–Kier alpha value is -3.80. The number of nitriles is 1. The zero-order valence-corrected chi connectivity index (χ0v) is 17.5. The van der Waals surface area contributed by atoms with E-state index in [9.17, 15) is 15.2 Å². The predicted molar refractivity (Wildman–Crippen MR) is 115 cm³/mol. The van der Waals surface area contributed by atoms with Crippen LogP contribution in [0.1, 0.15) is 37.8 Å². The first-order valence-corrected chi connectivity index (χ1v) is 9.51. The van der Waals surface area contributed by atoms with Gasteiger partial charge in [-0.3, -0.25) is 9.36 Å². The topological polar surface area (TPSA) is 131 Å². The summed E-state index contributed by atoms with van der Waals surface area (Å²) in [7, 11) is 1.74. The highest BCUT2D eigenvalue weighted by Gasteiger charge is 2.19. The Balaban J connectivity index is 2.61. The fourth-order valence-electron chi connectivity index (χ4n) is 2.81. The van der Waals surface area contributed by atoms with Crippen molar-refractivity contribution in [1.82, 2.24) is 9.55 Å². The average Bonchev–Trinajstić information content (AvgIpc) is 2.76. The minimum Gasteiger partial charge on any atom is -0.493 e. The Bertz CT molecular complexity index is 1080. The van der Waals surface area contributed by atoms with Crippen molar-refractivity contribution in [2.75, 3.05) is 11.9 Å². The highest BCUT2D eigenvalue weighted by molar-refractivity contribution is 5.77. The SMILES string of the molecule is CCCCn1c(O)c(/N=N\C(=C(/C)C=N)N(C)c2ccccn2)c(C)c(C#N)c1=O. The Morgan fingerprint density at radius 3 is 2.77 bits per heavy atom. The number of allylic oxidation sites excluding steroid dienone is 1. The van der Waals surface area contributed by atoms with E-state index in [1.807, 2.05) is 19.1 Å². The molecule has 0 aromatic carbocycles. The number of rotatable bonds is 8. The largest absolute Gasteiger partial charge is 0.493 e. The van der Waals surface area contributed by atoms with E-state index in [0.29, 0.717) is 23.6 Å². The van der Waals surface area contributed by atoms with Gasteiger partial charge in [-0.1, -0.05) is 19.4 Å². The number of anilines is 1. The predicted octanol–water partition coefficient (Wildman–Crippen LogP) is 4.03. The minimum atomic E-state index is -0.544. The van der Waals surface area contributed by atoms with Crippen LogP contribution in [0.2, 0.25) is 0 Å². The molecule has 0 saturated carbocycles. The quantitative estimate of drug-likeness (QED) is 0.504. The number of hydrogen-bond acceptors (Lipinski definition) is 8. The molecule has 0 aliphatic rings. The molecule has 0 saturated heterocycles. The van der Waals surface area contributed by atoms with E-state index >= 15 is 0 Å². The third-order valence-electron chi connectivity index (χ3n) is 4.63. The van der Waals surface area contributed by atoms with Gasteiger partial charge in [0.25, 0.3) is 5.56 Å². The van der Waals surface area contributed by atoms with E-state index in [0.717, 1.165) is 17.2 Å². The Morgan fingerprint density at radius 1 is 1.47 bits per heavy atom. The molecule has 0 radical (unpaired) electrons. The van der Waals surface area contributed by atoms with Crippen LogP contribution in [0, 0.1) is 23.7 Å². The molecule has 2 aromatic heterocycles. The molecule has 2 heterocycles. The number of hydrogen-bond donors (Lipinski definition) is 2. The summed E-state index contributed by atoms with van der Waals surface area (Å²) in [6.07, 6.45) is 4.26. The standard InChI is InChI=1S/C21H25N7O2/c1-5-6-11-28-20(29)16(13-23)15(3)18(21(28)30)25-26-19(14(2)12-22)27(4)17-9-7-8-10-24-17/h7-10,12,22,30H,5-6,11H2,1-4H3/b19-14-,22-12?,26-25-. The van der Waals surface area contributed by atoms with Crippen LogP contribution in [0.4, 0.5) is 11.5 Å². The van der Waals surface area contributed by atoms with E-state index in [-0.39, 0.29) is 29.2 Å². The van der Waals surface area contributed by atoms with Crippen LogP contribution in [0.25, 0.3) is 0 Å². The van der Waals surface area contributed by atoms with Crippen molar-refractivity contribution in [1.29, 1.82) is 10.7 Å². The van der Waals surface area contributed by atoms with Gasteiger partial charge in [-0.15, -0.1) is 10.2 Å². The maximum Gasteiger partial charge on any atom is 0.271 e. The third-order valence-corrected chi connectivity index (χ3v) is 4.63. The van der Waals surface area contributed by atoms with Crippen LogP contribution < -0.4 is 10.5 Å². The number of pyridine rings is 2. The van der Waals surface area contributed by atoms with Crippen molar-refractivity contribution < 1.29 is 5.11 Å². The second-order valence-corrected chi connectivity index (χ2v) is 6.69. The number of aromatic hydroxyl groups is 1. The average molecular weight is 407 g/mol. The summed E-state index contributed by atoms with van der Waals surface area (Å²) in [6.45, 7) is 5.49. The van der Waals surface area contributed by atoms with Crippen LogP contribution in [-0.4, -0.2) is 27.9 Å². The van der Waals surface area contributed by atoms with Gasteiger partial charge < -0.3 is 15.4 Å². The number of nitrogens with one attached hydrogen (secondary N) is 1. The molecular formula is C21H25N7O2. The zero-order chi connectivity index (χ0) is 22.3. The molecule has 2 rings (SSSR count). The van der Waals surface area contributed by atoms with Gasteiger partial charge in [0.05, 0.1) is 0 Å². The summed E-state index contributed by atoms with van der Waals surface area (Å²) < 4.78 is 1.15. The lowest BCUT2D eigenvalue weighted by Gasteiger charge is -2.19. The summed E-state index contributed by atoms with van der Waals surface area (Å²) in [4.78, 5) is 18.5. The first kappa shape index (κ1) is 22.5. The summed E-state index contributed by atoms with van der Waals surface area (Å²) in [5.74, 6) is 0.604. The van der Waals surface area contributed by atoms with Crippen molar-refractivity contribution in [3.8, 4) is 11.9 Å².